The zero-order chi connectivity index (χ0) is 14.4. The highest BCUT2D eigenvalue weighted by molar-refractivity contribution is 5.22. The van der Waals surface area contributed by atoms with Gasteiger partial charge < -0.3 is 4.74 Å². The van der Waals surface area contributed by atoms with E-state index in [-0.39, 0.29) is 0 Å². The van der Waals surface area contributed by atoms with Crippen molar-refractivity contribution in [2.45, 2.75) is 52.7 Å². The van der Waals surface area contributed by atoms with Crippen molar-refractivity contribution in [3.05, 3.63) is 35.4 Å². The van der Waals surface area contributed by atoms with Gasteiger partial charge in [-0.05, 0) is 36.3 Å². The van der Waals surface area contributed by atoms with Crippen molar-refractivity contribution >= 4 is 0 Å². The van der Waals surface area contributed by atoms with Gasteiger partial charge in [-0.2, -0.15) is 0 Å². The second-order valence-electron chi connectivity index (χ2n) is 6.37. The predicted molar refractivity (Wildman–Crippen MR) is 84.9 cm³/mol. The number of hydrogen-bond acceptors (Lipinski definition) is 2. The van der Waals surface area contributed by atoms with Crippen LogP contribution in [0.1, 0.15) is 44.7 Å². The van der Waals surface area contributed by atoms with E-state index in [4.69, 9.17) is 4.74 Å². The summed E-state index contributed by atoms with van der Waals surface area (Å²) >= 11 is 0. The van der Waals surface area contributed by atoms with E-state index >= 15 is 0 Å². The van der Waals surface area contributed by atoms with Crippen LogP contribution in [0.25, 0.3) is 0 Å². The van der Waals surface area contributed by atoms with Gasteiger partial charge in [0.05, 0.1) is 6.10 Å². The first kappa shape index (κ1) is 15.5. The van der Waals surface area contributed by atoms with Crippen molar-refractivity contribution in [1.29, 1.82) is 0 Å². The Kier molecular flexibility index (Phi) is 6.06. The molecule has 2 nitrogen and oxygen atoms in total. The summed E-state index contributed by atoms with van der Waals surface area (Å²) in [5.41, 5.74) is 2.84. The topological polar surface area (TPSA) is 12.5 Å². The molecule has 1 aliphatic rings. The smallest absolute Gasteiger partial charge is 0.0714 e. The lowest BCUT2D eigenvalue weighted by Gasteiger charge is -2.17. The fraction of sp³-hybridized carbons (Fsp3) is 0.667. The monoisotopic (exact) mass is 275 g/mol. The van der Waals surface area contributed by atoms with Crippen LogP contribution in [0.3, 0.4) is 0 Å². The van der Waals surface area contributed by atoms with Crippen LogP contribution < -0.4 is 0 Å². The maximum atomic E-state index is 5.98. The van der Waals surface area contributed by atoms with Gasteiger partial charge in [0.15, 0.2) is 0 Å². The molecule has 20 heavy (non-hydrogen) atoms. The molecule has 1 atom stereocenters. The number of likely N-dealkylation sites (tertiary alicyclic amines) is 1. The minimum Gasteiger partial charge on any atom is -0.377 e. The molecular formula is C18H29NO. The molecule has 1 saturated heterocycles. The van der Waals surface area contributed by atoms with Gasteiger partial charge in [0, 0.05) is 26.2 Å². The predicted octanol–water partition coefficient (Wildman–Crippen LogP) is 3.89. The summed E-state index contributed by atoms with van der Waals surface area (Å²) in [7, 11) is 0. The standard InChI is InChI=1S/C18H29NO/c1-4-16-5-7-17(8-6-16)13-19-11-9-18(14-19)20-12-10-15(2)3/h5-8,15,18H,4,9-14H2,1-3H3. The molecule has 0 spiro atoms. The quantitative estimate of drug-likeness (QED) is 0.748. The van der Waals surface area contributed by atoms with E-state index in [0.29, 0.717) is 6.10 Å². The molecule has 1 unspecified atom stereocenters. The van der Waals surface area contributed by atoms with Crippen molar-refractivity contribution in [3.63, 3.8) is 0 Å². The second kappa shape index (κ2) is 7.80. The number of hydrogen-bond donors (Lipinski definition) is 0. The lowest BCUT2D eigenvalue weighted by molar-refractivity contribution is 0.0518. The highest BCUT2D eigenvalue weighted by Crippen LogP contribution is 2.17. The fourth-order valence-electron chi connectivity index (χ4n) is 2.69. The Morgan fingerprint density at radius 2 is 1.90 bits per heavy atom. The van der Waals surface area contributed by atoms with Crippen LogP contribution in [0.15, 0.2) is 24.3 Å². The summed E-state index contributed by atoms with van der Waals surface area (Å²) in [5, 5.41) is 0. The molecule has 0 aliphatic carbocycles. The van der Waals surface area contributed by atoms with E-state index in [1.807, 2.05) is 0 Å². The normalized spacial score (nSPS) is 19.9. The molecule has 0 bridgehead atoms. The van der Waals surface area contributed by atoms with E-state index in [1.54, 1.807) is 0 Å². The molecule has 1 heterocycles. The number of ether oxygens (including phenoxy) is 1. The molecule has 1 fully saturated rings. The molecular weight excluding hydrogens is 246 g/mol. The summed E-state index contributed by atoms with van der Waals surface area (Å²) in [6.45, 7) is 11.0. The van der Waals surface area contributed by atoms with Crippen molar-refractivity contribution in [2.24, 2.45) is 5.92 Å². The Morgan fingerprint density at radius 3 is 2.55 bits per heavy atom. The third-order valence-corrected chi connectivity index (χ3v) is 4.12. The zero-order valence-corrected chi connectivity index (χ0v) is 13.3. The first-order chi connectivity index (χ1) is 9.67. The maximum absolute atomic E-state index is 5.98. The molecule has 0 saturated carbocycles. The maximum Gasteiger partial charge on any atom is 0.0714 e. The Morgan fingerprint density at radius 1 is 1.20 bits per heavy atom. The SMILES string of the molecule is CCc1ccc(CN2CCC(OCCC(C)C)C2)cc1. The third-order valence-electron chi connectivity index (χ3n) is 4.12. The molecule has 0 N–H and O–H groups in total. The summed E-state index contributed by atoms with van der Waals surface area (Å²) in [4.78, 5) is 2.51. The number of aryl methyl sites for hydroxylation is 1. The molecule has 2 rings (SSSR count). The van der Waals surface area contributed by atoms with Crippen molar-refractivity contribution in [3.8, 4) is 0 Å². The van der Waals surface area contributed by atoms with Gasteiger partial charge in [-0.3, -0.25) is 4.90 Å². The van der Waals surface area contributed by atoms with Gasteiger partial charge in [0.25, 0.3) is 0 Å². The van der Waals surface area contributed by atoms with Gasteiger partial charge in [-0.15, -0.1) is 0 Å². The van der Waals surface area contributed by atoms with Gasteiger partial charge in [0.1, 0.15) is 0 Å². The van der Waals surface area contributed by atoms with Crippen molar-refractivity contribution < 1.29 is 4.74 Å². The number of rotatable bonds is 7. The molecule has 2 heteroatoms. The molecule has 1 aromatic rings. The summed E-state index contributed by atoms with van der Waals surface area (Å²) in [6.07, 6.45) is 3.93. The molecule has 1 aromatic carbocycles. The van der Waals surface area contributed by atoms with Crippen molar-refractivity contribution in [2.75, 3.05) is 19.7 Å². The Balaban J connectivity index is 1.72. The average Bonchev–Trinajstić information content (AvgIpc) is 2.87. The Bertz CT molecular complexity index is 385. The first-order valence-electron chi connectivity index (χ1n) is 8.09. The summed E-state index contributed by atoms with van der Waals surface area (Å²) in [6, 6.07) is 9.04. The van der Waals surface area contributed by atoms with Gasteiger partial charge in [0.2, 0.25) is 0 Å². The Labute approximate surface area is 124 Å². The lowest BCUT2D eigenvalue weighted by atomic mass is 10.1. The van der Waals surface area contributed by atoms with E-state index in [1.165, 1.54) is 30.5 Å². The summed E-state index contributed by atoms with van der Waals surface area (Å²) in [5.74, 6) is 0.740. The molecule has 0 aromatic heterocycles. The molecule has 1 aliphatic heterocycles. The van der Waals surface area contributed by atoms with Gasteiger partial charge in [-0.1, -0.05) is 45.0 Å². The van der Waals surface area contributed by atoms with Crippen LogP contribution in [-0.4, -0.2) is 30.7 Å². The minimum atomic E-state index is 0.448. The Hall–Kier alpha value is -0.860. The molecule has 112 valence electrons. The van der Waals surface area contributed by atoms with E-state index < -0.39 is 0 Å². The summed E-state index contributed by atoms with van der Waals surface area (Å²) < 4.78 is 5.98. The van der Waals surface area contributed by atoms with Crippen LogP contribution in [0.5, 0.6) is 0 Å². The highest BCUT2D eigenvalue weighted by Gasteiger charge is 2.22. The lowest BCUT2D eigenvalue weighted by Crippen LogP contribution is -2.23. The second-order valence-corrected chi connectivity index (χ2v) is 6.37. The van der Waals surface area contributed by atoms with Crippen molar-refractivity contribution in [1.82, 2.24) is 4.90 Å². The highest BCUT2D eigenvalue weighted by atomic mass is 16.5. The van der Waals surface area contributed by atoms with Crippen LogP contribution >= 0.6 is 0 Å². The largest absolute Gasteiger partial charge is 0.377 e. The fourth-order valence-corrected chi connectivity index (χ4v) is 2.69. The number of benzene rings is 1. The van der Waals surface area contributed by atoms with Gasteiger partial charge in [-0.25, -0.2) is 0 Å². The molecule has 0 radical (unpaired) electrons. The first-order valence-corrected chi connectivity index (χ1v) is 8.09. The minimum absolute atomic E-state index is 0.448. The molecule has 0 amide bonds. The van der Waals surface area contributed by atoms with Crippen LogP contribution in [-0.2, 0) is 17.7 Å². The third kappa shape index (κ3) is 4.92. The average molecular weight is 275 g/mol. The van der Waals surface area contributed by atoms with Crippen LogP contribution in [0.4, 0.5) is 0 Å². The van der Waals surface area contributed by atoms with E-state index in [9.17, 15) is 0 Å². The van der Waals surface area contributed by atoms with Crippen LogP contribution in [0.2, 0.25) is 0 Å². The van der Waals surface area contributed by atoms with Gasteiger partial charge >= 0.3 is 0 Å². The van der Waals surface area contributed by atoms with E-state index in [2.05, 4.69) is 49.9 Å². The zero-order valence-electron chi connectivity index (χ0n) is 13.3. The van der Waals surface area contributed by atoms with Crippen LogP contribution in [0, 0.1) is 5.92 Å². The van der Waals surface area contributed by atoms with E-state index in [0.717, 1.165) is 32.0 Å². The number of nitrogens with zero attached hydrogens (tertiary/aromatic N) is 1.